The Morgan fingerprint density at radius 3 is 2.17 bits per heavy atom. The first-order valence-corrected chi connectivity index (χ1v) is 12.9. The Hall–Kier alpha value is -3.61. The zero-order valence-electron chi connectivity index (χ0n) is 19.3. The van der Waals surface area contributed by atoms with Gasteiger partial charge in [0.2, 0.25) is 0 Å². The number of benzene rings is 4. The molecule has 4 rings (SSSR count). The van der Waals surface area contributed by atoms with Crippen molar-refractivity contribution in [2.45, 2.75) is 24.8 Å². The fourth-order valence-electron chi connectivity index (χ4n) is 3.80. The minimum atomic E-state index is -3.82. The highest BCUT2D eigenvalue weighted by molar-refractivity contribution is 7.92. The van der Waals surface area contributed by atoms with Crippen LogP contribution in [0.15, 0.2) is 102 Å². The maximum absolute atomic E-state index is 13.4. The molecule has 35 heavy (non-hydrogen) atoms. The van der Waals surface area contributed by atoms with Gasteiger partial charge in [-0.15, -0.1) is 0 Å². The third-order valence-corrected chi connectivity index (χ3v) is 7.43. The number of hydrogen-bond donors (Lipinski definition) is 2. The number of carbonyl (C=O) groups is 1. The second-order valence-electron chi connectivity index (χ2n) is 8.29. The Bertz CT molecular complexity index is 1450. The Morgan fingerprint density at radius 1 is 0.829 bits per heavy atom. The van der Waals surface area contributed by atoms with Gasteiger partial charge >= 0.3 is 0 Å². The maximum Gasteiger partial charge on any atom is 0.261 e. The van der Waals surface area contributed by atoms with Crippen LogP contribution in [0.25, 0.3) is 0 Å². The van der Waals surface area contributed by atoms with Crippen LogP contribution in [0.5, 0.6) is 0 Å². The first-order valence-electron chi connectivity index (χ1n) is 11.0. The van der Waals surface area contributed by atoms with Crippen LogP contribution >= 0.6 is 11.6 Å². The largest absolute Gasteiger partial charge is 0.341 e. The topological polar surface area (TPSA) is 75.3 Å². The van der Waals surface area contributed by atoms with E-state index in [1.165, 1.54) is 30.3 Å². The predicted molar refractivity (Wildman–Crippen MR) is 140 cm³/mol. The molecule has 0 heterocycles. The summed E-state index contributed by atoms with van der Waals surface area (Å²) < 4.78 is 28.2. The number of sulfonamides is 1. The fourth-order valence-corrected chi connectivity index (χ4v) is 5.05. The van der Waals surface area contributed by atoms with E-state index < -0.39 is 22.0 Å². The number of amides is 1. The van der Waals surface area contributed by atoms with E-state index in [-0.39, 0.29) is 21.2 Å². The molecule has 0 saturated carbocycles. The van der Waals surface area contributed by atoms with Crippen molar-refractivity contribution in [1.82, 2.24) is 5.32 Å². The summed E-state index contributed by atoms with van der Waals surface area (Å²) in [5.41, 5.74) is 4.28. The minimum Gasteiger partial charge on any atom is -0.341 e. The van der Waals surface area contributed by atoms with Gasteiger partial charge in [-0.3, -0.25) is 9.52 Å². The van der Waals surface area contributed by atoms with Crippen molar-refractivity contribution in [3.63, 3.8) is 0 Å². The van der Waals surface area contributed by atoms with E-state index in [0.717, 1.165) is 22.3 Å². The van der Waals surface area contributed by atoms with Crippen molar-refractivity contribution >= 4 is 33.2 Å². The lowest BCUT2D eigenvalue weighted by molar-refractivity contribution is 0.0943. The zero-order valence-corrected chi connectivity index (χ0v) is 20.9. The van der Waals surface area contributed by atoms with E-state index >= 15 is 0 Å². The van der Waals surface area contributed by atoms with Gasteiger partial charge < -0.3 is 5.32 Å². The van der Waals surface area contributed by atoms with E-state index in [9.17, 15) is 13.2 Å². The summed E-state index contributed by atoms with van der Waals surface area (Å²) in [5.74, 6) is -0.413. The van der Waals surface area contributed by atoms with Crippen LogP contribution in [0, 0.1) is 13.8 Å². The Labute approximate surface area is 210 Å². The van der Waals surface area contributed by atoms with Crippen LogP contribution in [0.2, 0.25) is 5.02 Å². The summed E-state index contributed by atoms with van der Waals surface area (Å²) in [6.07, 6.45) is 0. The van der Waals surface area contributed by atoms with Crippen molar-refractivity contribution in [3.8, 4) is 0 Å². The smallest absolute Gasteiger partial charge is 0.261 e. The number of nitrogens with one attached hydrogen (secondary N) is 2. The SMILES string of the molecule is Cc1ccc(S(=O)(=O)Nc2ccc(Cl)c(C(=O)N[C@@H](c3ccccc3)c3ccccc3C)c2)cc1. The van der Waals surface area contributed by atoms with Crippen LogP contribution in [-0.2, 0) is 10.0 Å². The van der Waals surface area contributed by atoms with E-state index in [2.05, 4.69) is 10.0 Å². The number of carbonyl (C=O) groups excluding carboxylic acids is 1. The van der Waals surface area contributed by atoms with Crippen LogP contribution in [0.4, 0.5) is 5.69 Å². The van der Waals surface area contributed by atoms with Crippen molar-refractivity contribution in [1.29, 1.82) is 0 Å². The molecule has 2 N–H and O–H groups in total. The molecule has 1 amide bonds. The lowest BCUT2D eigenvalue weighted by atomic mass is 9.94. The Balaban J connectivity index is 1.64. The maximum atomic E-state index is 13.4. The van der Waals surface area contributed by atoms with Gasteiger partial charge in [0.25, 0.3) is 15.9 Å². The van der Waals surface area contributed by atoms with Crippen molar-refractivity contribution in [3.05, 3.63) is 130 Å². The summed E-state index contributed by atoms with van der Waals surface area (Å²) in [7, 11) is -3.82. The molecule has 7 heteroatoms. The zero-order chi connectivity index (χ0) is 25.0. The average Bonchev–Trinajstić information content (AvgIpc) is 2.85. The average molecular weight is 505 g/mol. The molecule has 178 valence electrons. The Morgan fingerprint density at radius 2 is 1.49 bits per heavy atom. The first-order chi connectivity index (χ1) is 16.7. The summed E-state index contributed by atoms with van der Waals surface area (Å²) in [5, 5.41) is 3.29. The van der Waals surface area contributed by atoms with Gasteiger partial charge in [-0.25, -0.2) is 8.42 Å². The number of aryl methyl sites for hydroxylation is 2. The molecule has 0 saturated heterocycles. The molecule has 0 aromatic heterocycles. The fraction of sp³-hybridized carbons (Fsp3) is 0.107. The highest BCUT2D eigenvalue weighted by atomic mass is 35.5. The summed E-state index contributed by atoms with van der Waals surface area (Å²) in [4.78, 5) is 13.5. The van der Waals surface area contributed by atoms with Crippen LogP contribution in [0.1, 0.15) is 38.7 Å². The molecule has 0 fully saturated rings. The second kappa shape index (κ2) is 10.3. The van der Waals surface area contributed by atoms with Crippen molar-refractivity contribution in [2.75, 3.05) is 4.72 Å². The van der Waals surface area contributed by atoms with E-state index in [0.29, 0.717) is 0 Å². The van der Waals surface area contributed by atoms with Crippen LogP contribution < -0.4 is 10.0 Å². The van der Waals surface area contributed by atoms with Crippen LogP contribution in [-0.4, -0.2) is 14.3 Å². The molecule has 4 aromatic rings. The molecular weight excluding hydrogens is 480 g/mol. The predicted octanol–water partition coefficient (Wildman–Crippen LogP) is 6.28. The molecule has 5 nitrogen and oxygen atoms in total. The third kappa shape index (κ3) is 5.73. The molecule has 1 atom stereocenters. The summed E-state index contributed by atoms with van der Waals surface area (Å²) >= 11 is 6.37. The molecule has 4 aromatic carbocycles. The van der Waals surface area contributed by atoms with Gasteiger partial charge in [-0.1, -0.05) is 83.9 Å². The standard InChI is InChI=1S/C28H25ClN2O3S/c1-19-12-15-23(16-13-19)35(33,34)31-22-14-17-26(29)25(18-22)28(32)30-27(21-9-4-3-5-10-21)24-11-7-6-8-20(24)2/h3-18,27,31H,1-2H3,(H,30,32)/t27-/m0/s1. The Kier molecular flexibility index (Phi) is 7.24. The summed E-state index contributed by atoms with van der Waals surface area (Å²) in [6.45, 7) is 3.87. The van der Waals surface area contributed by atoms with Gasteiger partial charge in [-0.2, -0.15) is 0 Å². The second-order valence-corrected chi connectivity index (χ2v) is 10.4. The van der Waals surface area contributed by atoms with E-state index in [1.807, 2.05) is 68.4 Å². The number of rotatable bonds is 7. The lowest BCUT2D eigenvalue weighted by Crippen LogP contribution is -2.30. The molecule has 0 spiro atoms. The number of halogens is 1. The van der Waals surface area contributed by atoms with Gasteiger partial charge in [-0.05, 0) is 60.9 Å². The van der Waals surface area contributed by atoms with Gasteiger partial charge in [0, 0.05) is 5.69 Å². The van der Waals surface area contributed by atoms with Crippen molar-refractivity contribution < 1.29 is 13.2 Å². The highest BCUT2D eigenvalue weighted by Crippen LogP contribution is 2.28. The van der Waals surface area contributed by atoms with Gasteiger partial charge in [0.05, 0.1) is 21.5 Å². The molecule has 0 aliphatic rings. The molecule has 0 unspecified atom stereocenters. The molecule has 0 radical (unpaired) electrons. The van der Waals surface area contributed by atoms with E-state index in [1.54, 1.807) is 12.1 Å². The molecule has 0 aliphatic carbocycles. The first kappa shape index (κ1) is 24.5. The van der Waals surface area contributed by atoms with Crippen LogP contribution in [0.3, 0.4) is 0 Å². The monoisotopic (exact) mass is 504 g/mol. The normalized spacial score (nSPS) is 12.1. The van der Waals surface area contributed by atoms with Gasteiger partial charge in [0.15, 0.2) is 0 Å². The number of anilines is 1. The van der Waals surface area contributed by atoms with Crippen molar-refractivity contribution in [2.24, 2.45) is 0 Å². The minimum absolute atomic E-state index is 0.132. The van der Waals surface area contributed by atoms with Gasteiger partial charge in [0.1, 0.15) is 0 Å². The van der Waals surface area contributed by atoms with E-state index in [4.69, 9.17) is 11.6 Å². The summed E-state index contributed by atoms with van der Waals surface area (Å²) in [6, 6.07) is 28.1. The lowest BCUT2D eigenvalue weighted by Gasteiger charge is -2.22. The number of hydrogen-bond acceptors (Lipinski definition) is 3. The third-order valence-electron chi connectivity index (χ3n) is 5.70. The highest BCUT2D eigenvalue weighted by Gasteiger charge is 2.22. The molecular formula is C28H25ClN2O3S. The molecule has 0 bridgehead atoms. The quantitative estimate of drug-likeness (QED) is 0.311. The molecule has 0 aliphatic heterocycles.